The Morgan fingerprint density at radius 3 is 2.26 bits per heavy atom. The fourth-order valence-corrected chi connectivity index (χ4v) is 2.32. The molecule has 0 aliphatic rings. The predicted octanol–water partition coefficient (Wildman–Crippen LogP) is 3.56. The Morgan fingerprint density at radius 1 is 1.05 bits per heavy atom. The van der Waals surface area contributed by atoms with E-state index < -0.39 is 0 Å². The zero-order valence-corrected chi connectivity index (χ0v) is 13.5. The zero-order chi connectivity index (χ0) is 14.6. The Morgan fingerprint density at radius 2 is 1.74 bits per heavy atom. The average molecular weight is 267 g/mol. The van der Waals surface area contributed by atoms with Crippen LogP contribution in [-0.2, 0) is 0 Å². The van der Waals surface area contributed by atoms with E-state index in [1.807, 2.05) is 0 Å². The second kappa shape index (κ2) is 11.3. The molecule has 0 bridgehead atoms. The molecule has 0 aliphatic carbocycles. The molecule has 112 valence electrons. The first kappa shape index (κ1) is 18.4. The Bertz CT molecular complexity index is 247. The summed E-state index contributed by atoms with van der Waals surface area (Å²) < 4.78 is 0. The van der Waals surface area contributed by atoms with Gasteiger partial charge in [0.05, 0.1) is 6.07 Å². The first-order chi connectivity index (χ1) is 9.14. The van der Waals surface area contributed by atoms with Crippen molar-refractivity contribution in [2.45, 2.75) is 71.3 Å². The molecule has 1 unspecified atom stereocenters. The van der Waals surface area contributed by atoms with Crippen LogP contribution in [0.25, 0.3) is 0 Å². The van der Waals surface area contributed by atoms with E-state index in [9.17, 15) is 5.26 Å². The largest absolute Gasteiger partial charge is 0.306 e. The van der Waals surface area contributed by atoms with E-state index in [0.717, 1.165) is 38.8 Å². The summed E-state index contributed by atoms with van der Waals surface area (Å²) in [7, 11) is 2.19. The molecule has 0 aromatic heterocycles. The van der Waals surface area contributed by atoms with Crippen LogP contribution in [0.1, 0.15) is 65.7 Å². The van der Waals surface area contributed by atoms with Crippen LogP contribution in [0.3, 0.4) is 0 Å². The summed E-state index contributed by atoms with van der Waals surface area (Å²) in [5.74, 6) is 0. The number of unbranched alkanes of at least 4 members (excludes halogenated alkanes) is 2. The van der Waals surface area contributed by atoms with Crippen molar-refractivity contribution in [2.75, 3.05) is 26.7 Å². The summed E-state index contributed by atoms with van der Waals surface area (Å²) in [5, 5.41) is 12.8. The van der Waals surface area contributed by atoms with E-state index in [-0.39, 0.29) is 5.54 Å². The molecule has 0 amide bonds. The number of nitriles is 1. The second-order valence-electron chi connectivity index (χ2n) is 5.59. The minimum absolute atomic E-state index is 0.305. The summed E-state index contributed by atoms with van der Waals surface area (Å²) in [6.07, 6.45) is 7.92. The normalized spacial score (nSPS) is 14.3. The lowest BCUT2D eigenvalue weighted by molar-refractivity contribution is 0.289. The Labute approximate surface area is 120 Å². The van der Waals surface area contributed by atoms with Crippen LogP contribution in [0.4, 0.5) is 0 Å². The van der Waals surface area contributed by atoms with Crippen molar-refractivity contribution in [1.29, 1.82) is 5.26 Å². The minimum atomic E-state index is -0.305. The lowest BCUT2D eigenvalue weighted by atomic mass is 9.91. The number of nitrogens with one attached hydrogen (secondary N) is 1. The molecule has 0 aliphatic heterocycles. The summed E-state index contributed by atoms with van der Waals surface area (Å²) in [5.41, 5.74) is -0.305. The van der Waals surface area contributed by atoms with Gasteiger partial charge in [-0.25, -0.2) is 0 Å². The third kappa shape index (κ3) is 8.23. The standard InChI is InChI=1S/C16H33N3/c1-5-8-9-13-19(4)14-10-11-16(7-3,15-17)18-12-6-2/h18H,5-14H2,1-4H3. The summed E-state index contributed by atoms with van der Waals surface area (Å²) in [4.78, 5) is 2.40. The molecule has 0 rings (SSSR count). The molecule has 1 atom stereocenters. The van der Waals surface area contributed by atoms with Gasteiger partial charge in [-0.2, -0.15) is 5.26 Å². The Kier molecular flexibility index (Phi) is 10.9. The molecular formula is C16H33N3. The van der Waals surface area contributed by atoms with Crippen molar-refractivity contribution < 1.29 is 0 Å². The number of rotatable bonds is 12. The summed E-state index contributed by atoms with van der Waals surface area (Å²) in [6, 6.07) is 2.50. The molecule has 0 heterocycles. The first-order valence-electron chi connectivity index (χ1n) is 7.99. The molecule has 0 radical (unpaired) electrons. The van der Waals surface area contributed by atoms with Crippen molar-refractivity contribution in [3.63, 3.8) is 0 Å². The highest BCUT2D eigenvalue weighted by Crippen LogP contribution is 2.17. The Balaban J connectivity index is 3.95. The van der Waals surface area contributed by atoms with Crippen molar-refractivity contribution >= 4 is 0 Å². The van der Waals surface area contributed by atoms with Crippen molar-refractivity contribution in [2.24, 2.45) is 0 Å². The molecule has 19 heavy (non-hydrogen) atoms. The molecule has 0 aromatic carbocycles. The average Bonchev–Trinajstić information content (AvgIpc) is 2.43. The fourth-order valence-electron chi connectivity index (χ4n) is 2.32. The molecule has 0 fully saturated rings. The van der Waals surface area contributed by atoms with Gasteiger partial charge in [-0.3, -0.25) is 5.32 Å². The topological polar surface area (TPSA) is 39.1 Å². The van der Waals surface area contributed by atoms with E-state index in [2.05, 4.69) is 44.1 Å². The van der Waals surface area contributed by atoms with Crippen molar-refractivity contribution in [3.05, 3.63) is 0 Å². The summed E-state index contributed by atoms with van der Waals surface area (Å²) in [6.45, 7) is 9.71. The van der Waals surface area contributed by atoms with Gasteiger partial charge in [0.2, 0.25) is 0 Å². The third-order valence-electron chi connectivity index (χ3n) is 3.82. The van der Waals surface area contributed by atoms with Crippen LogP contribution in [0.2, 0.25) is 0 Å². The molecule has 0 saturated heterocycles. The van der Waals surface area contributed by atoms with Gasteiger partial charge in [0.1, 0.15) is 5.54 Å². The van der Waals surface area contributed by atoms with E-state index in [1.54, 1.807) is 0 Å². The quantitative estimate of drug-likeness (QED) is 0.550. The maximum atomic E-state index is 9.42. The van der Waals surface area contributed by atoms with Gasteiger partial charge in [-0.05, 0) is 58.8 Å². The Hall–Kier alpha value is -0.590. The highest BCUT2D eigenvalue weighted by atomic mass is 15.1. The van der Waals surface area contributed by atoms with Crippen LogP contribution >= 0.6 is 0 Å². The van der Waals surface area contributed by atoms with Crippen molar-refractivity contribution in [1.82, 2.24) is 10.2 Å². The number of hydrogen-bond donors (Lipinski definition) is 1. The smallest absolute Gasteiger partial charge is 0.106 e. The van der Waals surface area contributed by atoms with Gasteiger partial charge in [0, 0.05) is 0 Å². The lowest BCUT2D eigenvalue weighted by Crippen LogP contribution is -2.44. The van der Waals surface area contributed by atoms with E-state index >= 15 is 0 Å². The maximum absolute atomic E-state index is 9.42. The molecule has 0 aromatic rings. The molecule has 3 heteroatoms. The van der Waals surface area contributed by atoms with Crippen LogP contribution in [0.5, 0.6) is 0 Å². The van der Waals surface area contributed by atoms with Gasteiger partial charge >= 0.3 is 0 Å². The molecular weight excluding hydrogens is 234 g/mol. The molecule has 0 spiro atoms. The van der Waals surface area contributed by atoms with Crippen LogP contribution in [-0.4, -0.2) is 37.1 Å². The van der Waals surface area contributed by atoms with Crippen LogP contribution in [0, 0.1) is 11.3 Å². The number of nitrogens with zero attached hydrogens (tertiary/aromatic N) is 2. The van der Waals surface area contributed by atoms with Crippen LogP contribution in [0.15, 0.2) is 0 Å². The highest BCUT2D eigenvalue weighted by molar-refractivity contribution is 5.06. The van der Waals surface area contributed by atoms with Crippen molar-refractivity contribution in [3.8, 4) is 6.07 Å². The minimum Gasteiger partial charge on any atom is -0.306 e. The van der Waals surface area contributed by atoms with Crippen LogP contribution < -0.4 is 5.32 Å². The van der Waals surface area contributed by atoms with Gasteiger partial charge < -0.3 is 4.90 Å². The monoisotopic (exact) mass is 267 g/mol. The zero-order valence-electron chi connectivity index (χ0n) is 13.5. The van der Waals surface area contributed by atoms with E-state index in [4.69, 9.17) is 0 Å². The van der Waals surface area contributed by atoms with Gasteiger partial charge in [0.15, 0.2) is 0 Å². The van der Waals surface area contributed by atoms with Gasteiger partial charge in [-0.1, -0.05) is 33.6 Å². The van der Waals surface area contributed by atoms with Gasteiger partial charge in [0.25, 0.3) is 0 Å². The highest BCUT2D eigenvalue weighted by Gasteiger charge is 2.26. The number of hydrogen-bond acceptors (Lipinski definition) is 3. The molecule has 1 N–H and O–H groups in total. The maximum Gasteiger partial charge on any atom is 0.106 e. The summed E-state index contributed by atoms with van der Waals surface area (Å²) >= 11 is 0. The molecule has 3 nitrogen and oxygen atoms in total. The second-order valence-corrected chi connectivity index (χ2v) is 5.59. The predicted molar refractivity (Wildman–Crippen MR) is 83.2 cm³/mol. The first-order valence-corrected chi connectivity index (χ1v) is 7.99. The fraction of sp³-hybridized carbons (Fsp3) is 0.938. The van der Waals surface area contributed by atoms with E-state index in [0.29, 0.717) is 0 Å². The van der Waals surface area contributed by atoms with E-state index in [1.165, 1.54) is 25.8 Å². The third-order valence-corrected chi connectivity index (χ3v) is 3.82. The molecule has 0 saturated carbocycles. The SMILES string of the molecule is CCCCCN(C)CCCC(C#N)(CC)NCCC. The lowest BCUT2D eigenvalue weighted by Gasteiger charge is -2.27. The van der Waals surface area contributed by atoms with Gasteiger partial charge in [-0.15, -0.1) is 0 Å².